The summed E-state index contributed by atoms with van der Waals surface area (Å²) in [6.45, 7) is 0. The molecule has 228 valence electrons. The molecule has 0 amide bonds. The fourth-order valence-corrected chi connectivity index (χ4v) is 8.25. The van der Waals surface area contributed by atoms with Crippen LogP contribution < -0.4 is 0 Å². The van der Waals surface area contributed by atoms with Crippen molar-refractivity contribution in [3.05, 3.63) is 176 Å². The first-order valence-corrected chi connectivity index (χ1v) is 16.9. The number of benzene rings is 8. The van der Waals surface area contributed by atoms with Crippen molar-refractivity contribution in [2.75, 3.05) is 0 Å². The van der Waals surface area contributed by atoms with Gasteiger partial charge >= 0.3 is 0 Å². The molecule has 11 rings (SSSR count). The van der Waals surface area contributed by atoms with Crippen molar-refractivity contribution in [1.82, 2.24) is 13.7 Å². The molecule has 3 heterocycles. The molecule has 49 heavy (non-hydrogen) atoms. The van der Waals surface area contributed by atoms with Gasteiger partial charge in [0.05, 0.1) is 33.1 Å². The Morgan fingerprint density at radius 1 is 0.224 bits per heavy atom. The maximum Gasteiger partial charge on any atom is 0.0548 e. The molecule has 0 aliphatic rings. The van der Waals surface area contributed by atoms with Gasteiger partial charge in [-0.05, 0) is 83.6 Å². The molecule has 0 radical (unpaired) electrons. The van der Waals surface area contributed by atoms with Crippen LogP contribution in [-0.2, 0) is 0 Å². The molecule has 0 saturated heterocycles. The Hall–Kier alpha value is -6.58. The van der Waals surface area contributed by atoms with E-state index in [0.29, 0.717) is 0 Å². The number of fused-ring (bicyclic) bond motifs is 10. The highest BCUT2D eigenvalue weighted by molar-refractivity contribution is 6.19. The van der Waals surface area contributed by atoms with Gasteiger partial charge in [-0.15, -0.1) is 0 Å². The molecule has 11 aromatic rings. The summed E-state index contributed by atoms with van der Waals surface area (Å²) in [7, 11) is 0. The van der Waals surface area contributed by atoms with E-state index >= 15 is 0 Å². The highest BCUT2D eigenvalue weighted by Crippen LogP contribution is 2.40. The average Bonchev–Trinajstić information content (AvgIpc) is 3.79. The van der Waals surface area contributed by atoms with Crippen LogP contribution in [-0.4, -0.2) is 13.7 Å². The Labute approximate surface area is 282 Å². The van der Waals surface area contributed by atoms with Crippen molar-refractivity contribution in [3.63, 3.8) is 0 Å². The summed E-state index contributed by atoms with van der Waals surface area (Å²) < 4.78 is 7.25. The van der Waals surface area contributed by atoms with Crippen LogP contribution in [0.2, 0.25) is 0 Å². The van der Waals surface area contributed by atoms with Gasteiger partial charge in [0.25, 0.3) is 0 Å². The fourth-order valence-electron chi connectivity index (χ4n) is 8.25. The minimum Gasteiger partial charge on any atom is -0.309 e. The highest BCUT2D eigenvalue weighted by atomic mass is 15.0. The minimum atomic E-state index is 1.15. The third-order valence-corrected chi connectivity index (χ3v) is 10.4. The van der Waals surface area contributed by atoms with Crippen LogP contribution in [0.1, 0.15) is 0 Å². The number of rotatable bonds is 3. The summed E-state index contributed by atoms with van der Waals surface area (Å²) in [5, 5.41) is 10.1. The smallest absolute Gasteiger partial charge is 0.0548 e. The van der Waals surface area contributed by atoms with E-state index in [-0.39, 0.29) is 0 Å². The molecule has 0 saturated carbocycles. The van der Waals surface area contributed by atoms with E-state index in [1.54, 1.807) is 0 Å². The Balaban J connectivity index is 1.15. The molecule has 0 bridgehead atoms. The lowest BCUT2D eigenvalue weighted by Crippen LogP contribution is -1.97. The topological polar surface area (TPSA) is 14.8 Å². The highest BCUT2D eigenvalue weighted by Gasteiger charge is 2.19. The summed E-state index contributed by atoms with van der Waals surface area (Å²) in [5.74, 6) is 0. The van der Waals surface area contributed by atoms with E-state index in [2.05, 4.69) is 190 Å². The fraction of sp³-hybridized carbons (Fsp3) is 0. The van der Waals surface area contributed by atoms with Crippen molar-refractivity contribution >= 4 is 76.2 Å². The summed E-state index contributed by atoms with van der Waals surface area (Å²) in [4.78, 5) is 0. The Kier molecular flexibility index (Phi) is 5.38. The van der Waals surface area contributed by atoms with E-state index in [1.807, 2.05) is 0 Å². The Bertz CT molecular complexity index is 3040. The van der Waals surface area contributed by atoms with Gasteiger partial charge in [-0.3, -0.25) is 0 Å². The summed E-state index contributed by atoms with van der Waals surface area (Å²) in [6.07, 6.45) is 0. The second-order valence-electron chi connectivity index (χ2n) is 13.0. The lowest BCUT2D eigenvalue weighted by molar-refractivity contribution is 1.14. The van der Waals surface area contributed by atoms with Crippen molar-refractivity contribution in [1.29, 1.82) is 0 Å². The van der Waals surface area contributed by atoms with Crippen molar-refractivity contribution in [2.24, 2.45) is 0 Å². The van der Waals surface area contributed by atoms with E-state index in [1.165, 1.54) is 81.9 Å². The van der Waals surface area contributed by atoms with Crippen LogP contribution >= 0.6 is 0 Å². The van der Waals surface area contributed by atoms with Crippen LogP contribution in [0.3, 0.4) is 0 Å². The van der Waals surface area contributed by atoms with Gasteiger partial charge in [0, 0.05) is 49.4 Å². The Morgan fingerprint density at radius 2 is 0.571 bits per heavy atom. The summed E-state index contributed by atoms with van der Waals surface area (Å²) >= 11 is 0. The molecule has 0 unspecified atom stereocenters. The van der Waals surface area contributed by atoms with Gasteiger partial charge in [0.15, 0.2) is 0 Å². The van der Waals surface area contributed by atoms with Crippen molar-refractivity contribution in [3.8, 4) is 17.1 Å². The number of aromatic nitrogens is 3. The molecule has 3 nitrogen and oxygen atoms in total. The molecule has 8 aromatic carbocycles. The molecule has 0 atom stereocenters. The average molecular weight is 624 g/mol. The van der Waals surface area contributed by atoms with Crippen LogP contribution in [0.15, 0.2) is 176 Å². The van der Waals surface area contributed by atoms with Gasteiger partial charge < -0.3 is 13.7 Å². The van der Waals surface area contributed by atoms with Gasteiger partial charge in [-0.25, -0.2) is 0 Å². The zero-order valence-corrected chi connectivity index (χ0v) is 26.6. The molecule has 0 aliphatic carbocycles. The van der Waals surface area contributed by atoms with Crippen LogP contribution in [0.25, 0.3) is 93.3 Å². The lowest BCUT2D eigenvalue weighted by atomic mass is 10.1. The van der Waals surface area contributed by atoms with Gasteiger partial charge in [0.2, 0.25) is 0 Å². The molecule has 0 spiro atoms. The molecular weight excluding hydrogens is 595 g/mol. The maximum atomic E-state index is 2.43. The standard InChI is InChI=1S/C46H29N3/c1-2-12-31-27-34(22-21-30(31)11-1)49-44-20-10-6-16-38(44)40-28-45-39(29-46(40)49)37-15-5-9-19-43(37)48(45)33-25-23-32(24-26-33)47-41-17-7-3-13-35(41)36-14-4-8-18-42(36)47/h1-29H. The van der Waals surface area contributed by atoms with Crippen LogP contribution in [0, 0.1) is 0 Å². The largest absolute Gasteiger partial charge is 0.309 e. The number of nitrogens with zero attached hydrogens (tertiary/aromatic N) is 3. The first kappa shape index (κ1) is 26.5. The summed E-state index contributed by atoms with van der Waals surface area (Å²) in [5.41, 5.74) is 10.8. The molecule has 3 heteroatoms. The number of hydrogen-bond acceptors (Lipinski definition) is 0. The second kappa shape index (κ2) is 9.96. The number of hydrogen-bond donors (Lipinski definition) is 0. The van der Waals surface area contributed by atoms with E-state index < -0.39 is 0 Å². The first-order valence-electron chi connectivity index (χ1n) is 16.9. The quantitative estimate of drug-likeness (QED) is 0.186. The first-order chi connectivity index (χ1) is 24.3. The van der Waals surface area contributed by atoms with Crippen molar-refractivity contribution in [2.45, 2.75) is 0 Å². The molecular formula is C46H29N3. The molecule has 0 fully saturated rings. The maximum absolute atomic E-state index is 2.43. The molecule has 0 aliphatic heterocycles. The minimum absolute atomic E-state index is 1.15. The number of para-hydroxylation sites is 4. The third-order valence-electron chi connectivity index (χ3n) is 10.4. The monoisotopic (exact) mass is 623 g/mol. The van der Waals surface area contributed by atoms with Gasteiger partial charge in [0.1, 0.15) is 0 Å². The molecule has 3 aromatic heterocycles. The van der Waals surface area contributed by atoms with Gasteiger partial charge in [-0.2, -0.15) is 0 Å². The molecule has 0 N–H and O–H groups in total. The predicted octanol–water partition coefficient (Wildman–Crippen LogP) is 12.1. The lowest BCUT2D eigenvalue weighted by Gasteiger charge is -2.12. The zero-order valence-electron chi connectivity index (χ0n) is 26.6. The van der Waals surface area contributed by atoms with E-state index in [9.17, 15) is 0 Å². The SMILES string of the molecule is c1ccc2cc(-n3c4ccccc4c4cc5c(cc43)c3ccccc3n5-c3ccc(-n4c5ccccc5c5ccccc54)cc3)ccc2c1. The van der Waals surface area contributed by atoms with Crippen LogP contribution in [0.5, 0.6) is 0 Å². The Morgan fingerprint density at radius 3 is 1.06 bits per heavy atom. The van der Waals surface area contributed by atoms with E-state index in [4.69, 9.17) is 0 Å². The van der Waals surface area contributed by atoms with Crippen molar-refractivity contribution < 1.29 is 0 Å². The predicted molar refractivity (Wildman–Crippen MR) is 207 cm³/mol. The van der Waals surface area contributed by atoms with Crippen LogP contribution in [0.4, 0.5) is 0 Å². The third kappa shape index (κ3) is 3.73. The second-order valence-corrected chi connectivity index (χ2v) is 13.0. The van der Waals surface area contributed by atoms with Gasteiger partial charge in [-0.1, -0.05) is 103 Å². The zero-order chi connectivity index (χ0) is 32.1. The van der Waals surface area contributed by atoms with E-state index in [0.717, 1.165) is 11.4 Å². The summed E-state index contributed by atoms with van der Waals surface area (Å²) in [6, 6.07) is 64.3. The normalized spacial score (nSPS) is 12.1.